The first-order chi connectivity index (χ1) is 28.6. The highest BCUT2D eigenvalue weighted by Crippen LogP contribution is 2.42. The minimum absolute atomic E-state index is 0.151. The van der Waals surface area contributed by atoms with Crippen LogP contribution in [0.4, 0.5) is 0 Å². The number of hydrogen-bond acceptors (Lipinski definition) is 4. The number of rotatable bonds is 9. The molecule has 4 nitrogen and oxygen atoms in total. The van der Waals surface area contributed by atoms with Gasteiger partial charge in [0.2, 0.25) is 0 Å². The summed E-state index contributed by atoms with van der Waals surface area (Å²) < 4.78 is 0. The van der Waals surface area contributed by atoms with E-state index in [0.29, 0.717) is 0 Å². The summed E-state index contributed by atoms with van der Waals surface area (Å²) in [7, 11) is 0. The summed E-state index contributed by atoms with van der Waals surface area (Å²) in [5.41, 5.74) is 15.2. The lowest BCUT2D eigenvalue weighted by molar-refractivity contribution is 0.606. The summed E-state index contributed by atoms with van der Waals surface area (Å²) in [6.45, 7) is 6.38. The third kappa shape index (κ3) is 7.75. The van der Waals surface area contributed by atoms with Crippen LogP contribution in [0.1, 0.15) is 92.0 Å². The summed E-state index contributed by atoms with van der Waals surface area (Å²) in [5.74, 6) is 1.21. The van der Waals surface area contributed by atoms with Gasteiger partial charge in [0.15, 0.2) is 5.82 Å². The van der Waals surface area contributed by atoms with Crippen molar-refractivity contribution in [3.63, 3.8) is 0 Å². The lowest BCUT2D eigenvalue weighted by Gasteiger charge is -2.25. The summed E-state index contributed by atoms with van der Waals surface area (Å²) in [6.07, 6.45) is 28.3. The molecule has 6 aromatic rings. The van der Waals surface area contributed by atoms with Crippen LogP contribution in [0.5, 0.6) is 0 Å². The lowest BCUT2D eigenvalue weighted by Crippen LogP contribution is -2.10. The predicted molar refractivity (Wildman–Crippen MR) is 242 cm³/mol. The molecule has 2 atom stereocenters. The normalized spacial score (nSPS) is 18.5. The fourth-order valence-electron chi connectivity index (χ4n) is 8.95. The van der Waals surface area contributed by atoms with Crippen molar-refractivity contribution in [2.45, 2.75) is 63.7 Å². The summed E-state index contributed by atoms with van der Waals surface area (Å²) in [6, 6.07) is 37.0. The molecular formula is C54H48N4. The number of allylic oxidation sites excluding steroid dienone is 13. The molecule has 3 aliphatic rings. The molecule has 3 heterocycles. The van der Waals surface area contributed by atoms with Gasteiger partial charge in [0.05, 0.1) is 17.1 Å². The van der Waals surface area contributed by atoms with Crippen LogP contribution in [-0.2, 0) is 0 Å². The van der Waals surface area contributed by atoms with E-state index in [2.05, 4.69) is 157 Å². The van der Waals surface area contributed by atoms with Gasteiger partial charge >= 0.3 is 0 Å². The van der Waals surface area contributed by atoms with Gasteiger partial charge in [-0.05, 0) is 150 Å². The first-order valence-corrected chi connectivity index (χ1v) is 20.8. The van der Waals surface area contributed by atoms with E-state index in [0.717, 1.165) is 79.1 Å². The molecule has 0 radical (unpaired) electrons. The van der Waals surface area contributed by atoms with Gasteiger partial charge in [-0.1, -0.05) is 116 Å². The summed E-state index contributed by atoms with van der Waals surface area (Å²) in [4.78, 5) is 20.3. The van der Waals surface area contributed by atoms with Crippen molar-refractivity contribution in [2.24, 2.45) is 0 Å². The van der Waals surface area contributed by atoms with Gasteiger partial charge in [0, 0.05) is 35.5 Å². The van der Waals surface area contributed by atoms with Gasteiger partial charge in [0.1, 0.15) is 0 Å². The van der Waals surface area contributed by atoms with Crippen LogP contribution in [0.25, 0.3) is 50.0 Å². The predicted octanol–water partition coefficient (Wildman–Crippen LogP) is 13.9. The molecule has 3 aromatic carbocycles. The zero-order chi connectivity index (χ0) is 39.3. The molecule has 284 valence electrons. The van der Waals surface area contributed by atoms with E-state index < -0.39 is 0 Å². The Morgan fingerprint density at radius 1 is 0.690 bits per heavy atom. The first-order valence-electron chi connectivity index (χ1n) is 20.8. The van der Waals surface area contributed by atoms with Gasteiger partial charge in [-0.25, -0.2) is 9.97 Å². The molecule has 0 bridgehead atoms. The number of hydrogen-bond donors (Lipinski definition) is 0. The van der Waals surface area contributed by atoms with E-state index in [1.807, 2.05) is 30.6 Å². The van der Waals surface area contributed by atoms with Crippen molar-refractivity contribution in [3.05, 3.63) is 210 Å². The van der Waals surface area contributed by atoms with Crippen LogP contribution in [0, 0.1) is 0 Å². The molecule has 3 aromatic heterocycles. The molecule has 0 fully saturated rings. The van der Waals surface area contributed by atoms with Gasteiger partial charge in [-0.3, -0.25) is 9.97 Å². The second kappa shape index (κ2) is 16.9. The van der Waals surface area contributed by atoms with Crippen LogP contribution < -0.4 is 0 Å². The third-order valence-electron chi connectivity index (χ3n) is 11.9. The Balaban J connectivity index is 1.21. The Bertz CT molecular complexity index is 2670. The smallest absolute Gasteiger partial charge is 0.160 e. The van der Waals surface area contributed by atoms with Crippen molar-refractivity contribution in [1.82, 2.24) is 19.9 Å². The molecule has 4 heteroatoms. The van der Waals surface area contributed by atoms with Gasteiger partial charge in [0.25, 0.3) is 0 Å². The molecule has 2 unspecified atom stereocenters. The standard InChI is InChI=1S/C54H48N4/c1-3-14-37-16-12-21-48(46(37)4-2)43-33-44(49-22-13-17-38-15-5-6-20-47(38)49)35-45(34-43)54-57-52(40-19-11-18-39(25-26-40)50-23-7-9-31-55-50)36-53(58-54)42-29-27-41(28-30-42)51-24-8-10-32-56-51/h3-10,12-17,20,22-27,31-36,42,48H,2,11,18-19,21,28-30H2,1H3/b14-3-. The quantitative estimate of drug-likeness (QED) is 0.148. The summed E-state index contributed by atoms with van der Waals surface area (Å²) in [5, 5.41) is 2.46. The molecule has 0 amide bonds. The SMILES string of the molecule is C=CC1=C(/C=C\C)C=CCC1c1cc(-c2nc(C3=CC=C(c4ccccn4)CCC3)cc(C3CC=C(c4ccccn4)CC3)n2)cc(-c2cccc3ccccc23)c1. The van der Waals surface area contributed by atoms with Gasteiger partial charge < -0.3 is 0 Å². The zero-order valence-corrected chi connectivity index (χ0v) is 33.2. The highest BCUT2D eigenvalue weighted by molar-refractivity contribution is 5.97. The third-order valence-corrected chi connectivity index (χ3v) is 11.9. The molecule has 0 saturated carbocycles. The Morgan fingerprint density at radius 2 is 1.43 bits per heavy atom. The van der Waals surface area contributed by atoms with E-state index >= 15 is 0 Å². The molecular weight excluding hydrogens is 705 g/mol. The molecule has 3 aliphatic carbocycles. The minimum atomic E-state index is 0.151. The van der Waals surface area contributed by atoms with Crippen LogP contribution >= 0.6 is 0 Å². The maximum atomic E-state index is 5.51. The zero-order valence-electron chi connectivity index (χ0n) is 33.2. The average Bonchev–Trinajstić information content (AvgIpc) is 3.56. The minimum Gasteiger partial charge on any atom is -0.257 e. The first kappa shape index (κ1) is 37.1. The number of pyridine rings is 2. The van der Waals surface area contributed by atoms with Crippen molar-refractivity contribution in [2.75, 3.05) is 0 Å². The molecule has 9 rings (SSSR count). The van der Waals surface area contributed by atoms with Crippen LogP contribution in [0.15, 0.2) is 182 Å². The second-order valence-electron chi connectivity index (χ2n) is 15.5. The van der Waals surface area contributed by atoms with E-state index in [1.165, 1.54) is 55.3 Å². The highest BCUT2D eigenvalue weighted by atomic mass is 14.9. The largest absolute Gasteiger partial charge is 0.257 e. The van der Waals surface area contributed by atoms with Crippen molar-refractivity contribution < 1.29 is 0 Å². The Morgan fingerprint density at radius 3 is 2.17 bits per heavy atom. The molecule has 0 aliphatic heterocycles. The highest BCUT2D eigenvalue weighted by Gasteiger charge is 2.25. The Labute approximate surface area is 342 Å². The van der Waals surface area contributed by atoms with Crippen molar-refractivity contribution in [3.8, 4) is 22.5 Å². The van der Waals surface area contributed by atoms with Crippen LogP contribution in [-0.4, -0.2) is 19.9 Å². The molecule has 0 spiro atoms. The Kier molecular flexibility index (Phi) is 10.8. The maximum absolute atomic E-state index is 5.51. The van der Waals surface area contributed by atoms with Gasteiger partial charge in [-0.15, -0.1) is 0 Å². The fourth-order valence-corrected chi connectivity index (χ4v) is 8.95. The monoisotopic (exact) mass is 752 g/mol. The van der Waals surface area contributed by atoms with Crippen LogP contribution in [0.2, 0.25) is 0 Å². The number of aromatic nitrogens is 4. The van der Waals surface area contributed by atoms with Crippen LogP contribution in [0.3, 0.4) is 0 Å². The van der Waals surface area contributed by atoms with E-state index in [4.69, 9.17) is 9.97 Å². The van der Waals surface area contributed by atoms with Gasteiger partial charge in [-0.2, -0.15) is 0 Å². The summed E-state index contributed by atoms with van der Waals surface area (Å²) >= 11 is 0. The lowest BCUT2D eigenvalue weighted by atomic mass is 9.80. The van der Waals surface area contributed by atoms with Crippen molar-refractivity contribution in [1.29, 1.82) is 0 Å². The second-order valence-corrected chi connectivity index (χ2v) is 15.5. The van der Waals surface area contributed by atoms with E-state index in [9.17, 15) is 0 Å². The number of fused-ring (bicyclic) bond motifs is 1. The fraction of sp³-hybridized carbons (Fsp3) is 0.185. The van der Waals surface area contributed by atoms with E-state index in [-0.39, 0.29) is 11.8 Å². The number of benzene rings is 3. The Hall–Kier alpha value is -6.52. The van der Waals surface area contributed by atoms with E-state index in [1.54, 1.807) is 0 Å². The number of nitrogens with zero attached hydrogens (tertiary/aromatic N) is 4. The van der Waals surface area contributed by atoms with Crippen molar-refractivity contribution >= 4 is 27.5 Å². The molecule has 0 saturated heterocycles. The molecule has 58 heavy (non-hydrogen) atoms. The topological polar surface area (TPSA) is 51.6 Å². The average molecular weight is 753 g/mol. The maximum Gasteiger partial charge on any atom is 0.160 e. The molecule has 0 N–H and O–H groups in total.